The summed E-state index contributed by atoms with van der Waals surface area (Å²) < 4.78 is 1.12. The van der Waals surface area contributed by atoms with Gasteiger partial charge >= 0.3 is 0 Å². The van der Waals surface area contributed by atoms with Gasteiger partial charge in [0.25, 0.3) is 0 Å². The number of nitrogens with one attached hydrogen (secondary N) is 1. The molecule has 2 aromatic rings. The zero-order valence-electron chi connectivity index (χ0n) is 13.0. The van der Waals surface area contributed by atoms with Crippen LogP contribution < -0.4 is 5.32 Å². The Labute approximate surface area is 140 Å². The zero-order valence-corrected chi connectivity index (χ0v) is 14.5. The molecule has 0 atom stereocenters. The summed E-state index contributed by atoms with van der Waals surface area (Å²) in [5.74, 6) is 0.881. The van der Waals surface area contributed by atoms with E-state index in [1.165, 1.54) is 5.56 Å². The molecule has 0 aliphatic carbocycles. The van der Waals surface area contributed by atoms with Crippen molar-refractivity contribution in [1.29, 1.82) is 0 Å². The van der Waals surface area contributed by atoms with E-state index in [9.17, 15) is 0 Å². The second-order valence-electron chi connectivity index (χ2n) is 4.99. The van der Waals surface area contributed by atoms with Crippen LogP contribution >= 0.6 is 15.9 Å². The highest BCUT2D eigenvalue weighted by Crippen LogP contribution is 2.17. The van der Waals surface area contributed by atoms with Crippen molar-refractivity contribution in [3.63, 3.8) is 0 Å². The van der Waals surface area contributed by atoms with Gasteiger partial charge in [-0.2, -0.15) is 0 Å². The first-order valence-electron chi connectivity index (χ1n) is 7.26. The van der Waals surface area contributed by atoms with E-state index in [1.807, 2.05) is 43.6 Å². The average molecular weight is 361 g/mol. The molecular weight excluding hydrogens is 340 g/mol. The van der Waals surface area contributed by atoms with E-state index in [0.717, 1.165) is 35.6 Å². The number of pyridine rings is 1. The molecule has 1 N–H and O–H groups in total. The number of hydrogen-bond acceptors (Lipinski definition) is 2. The minimum atomic E-state index is 0.796. The number of guanidine groups is 1. The largest absolute Gasteiger partial charge is 0.356 e. The Kier molecular flexibility index (Phi) is 6.40. The summed E-state index contributed by atoms with van der Waals surface area (Å²) in [5.41, 5.74) is 2.32. The van der Waals surface area contributed by atoms with Gasteiger partial charge in [-0.3, -0.25) is 9.98 Å². The van der Waals surface area contributed by atoms with Gasteiger partial charge in [0.15, 0.2) is 5.96 Å². The van der Waals surface area contributed by atoms with Crippen molar-refractivity contribution in [3.8, 4) is 0 Å². The molecule has 0 saturated carbocycles. The standard InChI is InChI=1S/C17H21BrN4/c1-19-17(21-12-10-15-8-5-6-11-20-15)22(2)13-14-7-3-4-9-16(14)18/h3-9,11H,10,12-13H2,1-2H3,(H,19,21). The molecule has 116 valence electrons. The molecule has 0 unspecified atom stereocenters. The van der Waals surface area contributed by atoms with Crippen molar-refractivity contribution in [2.75, 3.05) is 20.6 Å². The third kappa shape index (κ3) is 4.84. The maximum absolute atomic E-state index is 4.34. The average Bonchev–Trinajstić information content (AvgIpc) is 2.54. The van der Waals surface area contributed by atoms with Gasteiger partial charge in [0, 0.05) is 50.0 Å². The molecule has 0 fully saturated rings. The van der Waals surface area contributed by atoms with Crippen LogP contribution in [0, 0.1) is 0 Å². The monoisotopic (exact) mass is 360 g/mol. The molecule has 0 spiro atoms. The number of hydrogen-bond donors (Lipinski definition) is 1. The van der Waals surface area contributed by atoms with Crippen molar-refractivity contribution in [2.45, 2.75) is 13.0 Å². The highest BCUT2D eigenvalue weighted by atomic mass is 79.9. The van der Waals surface area contributed by atoms with Crippen molar-refractivity contribution >= 4 is 21.9 Å². The second-order valence-corrected chi connectivity index (χ2v) is 5.85. The van der Waals surface area contributed by atoms with Gasteiger partial charge in [-0.1, -0.05) is 40.2 Å². The highest BCUT2D eigenvalue weighted by Gasteiger charge is 2.08. The third-order valence-corrected chi connectivity index (χ3v) is 4.10. The van der Waals surface area contributed by atoms with Gasteiger partial charge < -0.3 is 10.2 Å². The van der Waals surface area contributed by atoms with Crippen LogP contribution in [-0.4, -0.2) is 36.5 Å². The first-order valence-corrected chi connectivity index (χ1v) is 8.05. The van der Waals surface area contributed by atoms with Crippen molar-refractivity contribution in [3.05, 3.63) is 64.4 Å². The molecular formula is C17H21BrN4. The van der Waals surface area contributed by atoms with Gasteiger partial charge in [0.2, 0.25) is 0 Å². The van der Waals surface area contributed by atoms with Crippen molar-refractivity contribution in [1.82, 2.24) is 15.2 Å². The molecule has 0 amide bonds. The number of halogens is 1. The predicted molar refractivity (Wildman–Crippen MR) is 94.9 cm³/mol. The molecule has 0 aliphatic rings. The van der Waals surface area contributed by atoms with Gasteiger partial charge in [0.05, 0.1) is 0 Å². The molecule has 4 nitrogen and oxygen atoms in total. The van der Waals surface area contributed by atoms with Crippen LogP contribution in [0.15, 0.2) is 58.1 Å². The van der Waals surface area contributed by atoms with E-state index in [-0.39, 0.29) is 0 Å². The van der Waals surface area contributed by atoms with E-state index in [4.69, 9.17) is 0 Å². The summed E-state index contributed by atoms with van der Waals surface area (Å²) in [7, 11) is 3.84. The maximum atomic E-state index is 4.34. The summed E-state index contributed by atoms with van der Waals surface area (Å²) in [4.78, 5) is 10.8. The Morgan fingerprint density at radius 2 is 2.00 bits per heavy atom. The van der Waals surface area contributed by atoms with Crippen LogP contribution in [0.25, 0.3) is 0 Å². The Balaban J connectivity index is 1.87. The number of rotatable bonds is 5. The van der Waals surface area contributed by atoms with Crippen LogP contribution in [0.1, 0.15) is 11.3 Å². The molecule has 22 heavy (non-hydrogen) atoms. The quantitative estimate of drug-likeness (QED) is 0.657. The second kappa shape index (κ2) is 8.54. The minimum absolute atomic E-state index is 0.796. The van der Waals surface area contributed by atoms with Crippen LogP contribution in [0.4, 0.5) is 0 Å². The lowest BCUT2D eigenvalue weighted by Gasteiger charge is -2.22. The molecule has 0 radical (unpaired) electrons. The number of aliphatic imine (C=N–C) groups is 1. The first-order chi connectivity index (χ1) is 10.7. The lowest BCUT2D eigenvalue weighted by atomic mass is 10.2. The molecule has 2 rings (SSSR count). The maximum Gasteiger partial charge on any atom is 0.193 e. The molecule has 1 aromatic heterocycles. The van der Waals surface area contributed by atoms with E-state index in [2.05, 4.69) is 48.3 Å². The van der Waals surface area contributed by atoms with Crippen LogP contribution in [0.2, 0.25) is 0 Å². The molecule has 0 bridgehead atoms. The Bertz CT molecular complexity index is 613. The smallest absolute Gasteiger partial charge is 0.193 e. The normalized spacial score (nSPS) is 11.3. The lowest BCUT2D eigenvalue weighted by molar-refractivity contribution is 0.476. The Hall–Kier alpha value is -1.88. The molecule has 1 heterocycles. The summed E-state index contributed by atoms with van der Waals surface area (Å²) in [6.45, 7) is 1.61. The van der Waals surface area contributed by atoms with Gasteiger partial charge in [-0.25, -0.2) is 0 Å². The molecule has 5 heteroatoms. The Morgan fingerprint density at radius 3 is 2.68 bits per heavy atom. The predicted octanol–water partition coefficient (Wildman–Crippen LogP) is 3.09. The van der Waals surface area contributed by atoms with Crippen LogP contribution in [0.3, 0.4) is 0 Å². The summed E-state index contributed by atoms with van der Waals surface area (Å²) in [5, 5.41) is 3.38. The van der Waals surface area contributed by atoms with E-state index < -0.39 is 0 Å². The van der Waals surface area contributed by atoms with E-state index in [0.29, 0.717) is 0 Å². The van der Waals surface area contributed by atoms with Crippen LogP contribution in [-0.2, 0) is 13.0 Å². The zero-order chi connectivity index (χ0) is 15.8. The lowest BCUT2D eigenvalue weighted by Crippen LogP contribution is -2.39. The number of nitrogens with zero attached hydrogens (tertiary/aromatic N) is 3. The summed E-state index contributed by atoms with van der Waals surface area (Å²) >= 11 is 3.58. The molecule has 0 saturated heterocycles. The van der Waals surface area contributed by atoms with Gasteiger partial charge in [-0.05, 0) is 23.8 Å². The van der Waals surface area contributed by atoms with Crippen molar-refractivity contribution in [2.24, 2.45) is 4.99 Å². The third-order valence-electron chi connectivity index (χ3n) is 3.33. The van der Waals surface area contributed by atoms with Crippen LogP contribution in [0.5, 0.6) is 0 Å². The summed E-state index contributed by atoms with van der Waals surface area (Å²) in [6.07, 6.45) is 2.70. The van der Waals surface area contributed by atoms with E-state index in [1.54, 1.807) is 7.05 Å². The summed E-state index contributed by atoms with van der Waals surface area (Å²) in [6, 6.07) is 14.2. The van der Waals surface area contributed by atoms with Gasteiger partial charge in [-0.15, -0.1) is 0 Å². The van der Waals surface area contributed by atoms with Gasteiger partial charge in [0.1, 0.15) is 0 Å². The fourth-order valence-electron chi connectivity index (χ4n) is 2.19. The molecule has 1 aromatic carbocycles. The topological polar surface area (TPSA) is 40.5 Å². The fraction of sp³-hybridized carbons (Fsp3) is 0.294. The fourth-order valence-corrected chi connectivity index (χ4v) is 2.60. The first kappa shape index (κ1) is 16.5. The molecule has 0 aliphatic heterocycles. The highest BCUT2D eigenvalue weighted by molar-refractivity contribution is 9.10. The SMILES string of the molecule is CN=C(NCCc1ccccn1)N(C)Cc1ccccc1Br. The van der Waals surface area contributed by atoms with Crippen molar-refractivity contribution < 1.29 is 0 Å². The van der Waals surface area contributed by atoms with E-state index >= 15 is 0 Å². The Morgan fingerprint density at radius 1 is 1.23 bits per heavy atom. The number of benzene rings is 1. The minimum Gasteiger partial charge on any atom is -0.356 e. The number of aromatic nitrogens is 1.